The molecule has 0 aliphatic rings. The zero-order valence-electron chi connectivity index (χ0n) is 26.0. The lowest BCUT2D eigenvalue weighted by atomic mass is 10.0. The van der Waals surface area contributed by atoms with Crippen LogP contribution >= 0.6 is 27.7 Å². The van der Waals surface area contributed by atoms with Gasteiger partial charge in [0, 0.05) is 47.8 Å². The molecule has 8 N–H and O–H groups in total. The number of carboxylic acids is 1. The third kappa shape index (κ3) is 11.7. The lowest BCUT2D eigenvalue weighted by molar-refractivity contribution is -0.138. The van der Waals surface area contributed by atoms with Crippen LogP contribution in [0.3, 0.4) is 0 Å². The van der Waals surface area contributed by atoms with Gasteiger partial charge in [-0.1, -0.05) is 46.3 Å². The SMILES string of the molecule is CSCC[C@H](NC(=O)[C@@H](Cc1c[nH]c2ccccc12)NC(C)=O)C(=O)N[C@@H](CCC(=O)O)C(=O)N[C@@H](Cc1cccc(Br)c1)C(N)=O. The summed E-state index contributed by atoms with van der Waals surface area (Å²) in [6, 6.07) is 9.95. The number of amides is 5. The third-order valence-corrected chi connectivity index (χ3v) is 8.44. The van der Waals surface area contributed by atoms with E-state index in [0.717, 1.165) is 20.9 Å². The third-order valence-electron chi connectivity index (χ3n) is 7.31. The van der Waals surface area contributed by atoms with Gasteiger partial charge < -0.3 is 37.1 Å². The summed E-state index contributed by atoms with van der Waals surface area (Å²) in [5.74, 6) is -4.12. The molecule has 0 aliphatic carbocycles. The van der Waals surface area contributed by atoms with Crippen LogP contribution in [0.15, 0.2) is 59.2 Å². The maximum Gasteiger partial charge on any atom is 0.303 e. The highest BCUT2D eigenvalue weighted by Gasteiger charge is 2.31. The second-order valence-corrected chi connectivity index (χ2v) is 12.9. The van der Waals surface area contributed by atoms with Crippen LogP contribution in [-0.2, 0) is 41.6 Å². The smallest absolute Gasteiger partial charge is 0.303 e. The first-order chi connectivity index (χ1) is 22.4. The average molecular weight is 732 g/mol. The number of fused-ring (bicyclic) bond motifs is 1. The number of carbonyl (C=O) groups excluding carboxylic acids is 5. The highest BCUT2D eigenvalue weighted by molar-refractivity contribution is 9.10. The molecule has 3 aromatic rings. The van der Waals surface area contributed by atoms with Crippen LogP contribution in [-0.4, -0.2) is 81.8 Å². The van der Waals surface area contributed by atoms with Gasteiger partial charge in [-0.15, -0.1) is 0 Å². The Morgan fingerprint density at radius 3 is 2.11 bits per heavy atom. The van der Waals surface area contributed by atoms with E-state index in [1.54, 1.807) is 30.5 Å². The van der Waals surface area contributed by atoms with Gasteiger partial charge in [0.15, 0.2) is 0 Å². The number of nitrogens with one attached hydrogen (secondary N) is 5. The topological polar surface area (TPSA) is 213 Å². The van der Waals surface area contributed by atoms with E-state index in [9.17, 15) is 33.9 Å². The quantitative estimate of drug-likeness (QED) is 0.102. The van der Waals surface area contributed by atoms with Crippen LogP contribution in [0.2, 0.25) is 0 Å². The molecule has 5 amide bonds. The summed E-state index contributed by atoms with van der Waals surface area (Å²) in [7, 11) is 0. The molecule has 2 aromatic carbocycles. The molecule has 0 spiro atoms. The number of carbonyl (C=O) groups is 6. The molecule has 0 radical (unpaired) electrons. The van der Waals surface area contributed by atoms with E-state index in [4.69, 9.17) is 5.73 Å². The summed E-state index contributed by atoms with van der Waals surface area (Å²) in [5.41, 5.74) is 7.92. The minimum Gasteiger partial charge on any atom is -0.481 e. The Morgan fingerprint density at radius 1 is 0.851 bits per heavy atom. The second-order valence-electron chi connectivity index (χ2n) is 11.0. The highest BCUT2D eigenvalue weighted by Crippen LogP contribution is 2.19. The van der Waals surface area contributed by atoms with Gasteiger partial charge in [0.2, 0.25) is 29.5 Å². The van der Waals surface area contributed by atoms with Gasteiger partial charge in [0.25, 0.3) is 0 Å². The molecule has 47 heavy (non-hydrogen) atoms. The van der Waals surface area contributed by atoms with Gasteiger partial charge in [0.1, 0.15) is 24.2 Å². The fourth-order valence-electron chi connectivity index (χ4n) is 4.96. The van der Waals surface area contributed by atoms with Gasteiger partial charge in [-0.05, 0) is 54.2 Å². The van der Waals surface area contributed by atoms with Crippen molar-refractivity contribution in [2.45, 2.75) is 63.2 Å². The maximum atomic E-state index is 13.6. The monoisotopic (exact) mass is 730 g/mol. The lowest BCUT2D eigenvalue weighted by Gasteiger charge is -2.26. The van der Waals surface area contributed by atoms with Crippen molar-refractivity contribution in [1.82, 2.24) is 26.3 Å². The zero-order valence-corrected chi connectivity index (χ0v) is 28.4. The van der Waals surface area contributed by atoms with Crippen molar-refractivity contribution in [2.24, 2.45) is 5.73 Å². The molecule has 1 heterocycles. The van der Waals surface area contributed by atoms with Crippen LogP contribution in [0.1, 0.15) is 37.3 Å². The first-order valence-electron chi connectivity index (χ1n) is 14.9. The molecule has 0 aliphatic heterocycles. The first kappa shape index (κ1) is 37.1. The minimum absolute atomic E-state index is 0.0630. The van der Waals surface area contributed by atoms with Crippen LogP contribution in [0.4, 0.5) is 0 Å². The van der Waals surface area contributed by atoms with Gasteiger partial charge in [-0.2, -0.15) is 11.8 Å². The number of aromatic amines is 1. The van der Waals surface area contributed by atoms with Crippen molar-refractivity contribution in [1.29, 1.82) is 0 Å². The van der Waals surface area contributed by atoms with E-state index in [2.05, 4.69) is 42.2 Å². The number of nitrogens with two attached hydrogens (primary N) is 1. The number of halogens is 1. The molecule has 252 valence electrons. The van der Waals surface area contributed by atoms with Gasteiger partial charge in [0.05, 0.1) is 0 Å². The number of rotatable bonds is 18. The van der Waals surface area contributed by atoms with E-state index >= 15 is 0 Å². The minimum atomic E-state index is -1.35. The van der Waals surface area contributed by atoms with Gasteiger partial charge >= 0.3 is 5.97 Å². The molecule has 1 aromatic heterocycles. The number of para-hydroxylation sites is 1. The van der Waals surface area contributed by atoms with Crippen LogP contribution in [0.25, 0.3) is 10.9 Å². The molecule has 0 bridgehead atoms. The molecule has 3 rings (SSSR count). The van der Waals surface area contributed by atoms with Crippen molar-refractivity contribution in [2.75, 3.05) is 12.0 Å². The number of primary amides is 1. The Kier molecular flexibility index (Phi) is 14.3. The molecule has 13 nitrogen and oxygen atoms in total. The molecule has 0 saturated heterocycles. The van der Waals surface area contributed by atoms with E-state index in [-0.39, 0.29) is 25.7 Å². The number of hydrogen-bond donors (Lipinski definition) is 7. The Bertz CT molecular complexity index is 1600. The predicted octanol–water partition coefficient (Wildman–Crippen LogP) is 1.78. The highest BCUT2D eigenvalue weighted by atomic mass is 79.9. The van der Waals surface area contributed by atoms with Crippen molar-refractivity contribution in [3.05, 3.63) is 70.3 Å². The van der Waals surface area contributed by atoms with Gasteiger partial charge in [-0.25, -0.2) is 0 Å². The summed E-state index contributed by atoms with van der Waals surface area (Å²) in [6.07, 6.45) is 3.23. The molecule has 4 atom stereocenters. The molecule has 0 fully saturated rings. The molecular formula is C32H39BrN6O7S. The fraction of sp³-hybridized carbons (Fsp3) is 0.375. The van der Waals surface area contributed by atoms with E-state index in [0.29, 0.717) is 11.3 Å². The fourth-order valence-corrected chi connectivity index (χ4v) is 5.87. The number of benzene rings is 2. The van der Waals surface area contributed by atoms with Crippen LogP contribution < -0.4 is 27.0 Å². The summed E-state index contributed by atoms with van der Waals surface area (Å²) in [5, 5.41) is 20.6. The maximum absolute atomic E-state index is 13.6. The largest absolute Gasteiger partial charge is 0.481 e. The number of thioether (sulfide) groups is 1. The zero-order chi connectivity index (χ0) is 34.5. The standard InChI is InChI=1S/C32H39BrN6O7S/c1-18(40)36-27(16-20-17-35-23-9-4-3-8-22(20)23)32(46)38-25(12-13-47-2)31(45)37-24(10-11-28(41)42)30(44)39-26(29(34)43)15-19-6-5-7-21(33)14-19/h3-9,14,17,24-27,35H,10-13,15-16H2,1-2H3,(H2,34,43)(H,36,40)(H,37,45)(H,38,46)(H,39,44)(H,41,42)/t24-,25-,26-,27+/m0/s1. The predicted molar refractivity (Wildman–Crippen MR) is 182 cm³/mol. The molecule has 0 saturated carbocycles. The Morgan fingerprint density at radius 2 is 1.49 bits per heavy atom. The molecule has 0 unspecified atom stereocenters. The molecule has 15 heteroatoms. The summed E-state index contributed by atoms with van der Waals surface area (Å²) in [6.45, 7) is 1.29. The summed E-state index contributed by atoms with van der Waals surface area (Å²) in [4.78, 5) is 79.3. The van der Waals surface area contributed by atoms with Crippen molar-refractivity contribution >= 4 is 74.1 Å². The van der Waals surface area contributed by atoms with Crippen molar-refractivity contribution < 1.29 is 33.9 Å². The Balaban J connectivity index is 1.78. The number of hydrogen-bond acceptors (Lipinski definition) is 7. The number of aliphatic carboxylic acids is 1. The van der Waals surface area contributed by atoms with Crippen molar-refractivity contribution in [3.63, 3.8) is 0 Å². The normalized spacial score (nSPS) is 13.5. The summed E-state index contributed by atoms with van der Waals surface area (Å²) >= 11 is 4.79. The Hall–Kier alpha value is -4.37. The number of aromatic nitrogens is 1. The van der Waals surface area contributed by atoms with Crippen LogP contribution in [0, 0.1) is 0 Å². The summed E-state index contributed by atoms with van der Waals surface area (Å²) < 4.78 is 0.761. The second kappa shape index (κ2) is 18.1. The van der Waals surface area contributed by atoms with Gasteiger partial charge in [-0.3, -0.25) is 28.8 Å². The number of H-pyrrole nitrogens is 1. The van der Waals surface area contributed by atoms with Crippen molar-refractivity contribution in [3.8, 4) is 0 Å². The van der Waals surface area contributed by atoms with E-state index in [1.807, 2.05) is 30.5 Å². The Labute approximate surface area is 284 Å². The lowest BCUT2D eigenvalue weighted by Crippen LogP contribution is -2.58. The van der Waals surface area contributed by atoms with E-state index in [1.165, 1.54) is 18.7 Å². The average Bonchev–Trinajstić information content (AvgIpc) is 3.42. The van der Waals surface area contributed by atoms with Crippen LogP contribution in [0.5, 0.6) is 0 Å². The first-order valence-corrected chi connectivity index (χ1v) is 17.0. The molecular weight excluding hydrogens is 692 g/mol. The number of carboxylic acid groups (broad SMARTS) is 1. The van der Waals surface area contributed by atoms with E-state index < -0.39 is 66.1 Å².